The first-order valence-electron chi connectivity index (χ1n) is 11.3. The van der Waals surface area contributed by atoms with Crippen LogP contribution in [0.1, 0.15) is 46.1 Å². The number of aromatic amines is 1. The molecule has 0 aliphatic carbocycles. The van der Waals surface area contributed by atoms with Crippen molar-refractivity contribution in [3.63, 3.8) is 0 Å². The van der Waals surface area contributed by atoms with Crippen LogP contribution >= 0.6 is 0 Å². The molecule has 33 heavy (non-hydrogen) atoms. The van der Waals surface area contributed by atoms with Gasteiger partial charge in [-0.3, -0.25) is 9.48 Å². The summed E-state index contributed by atoms with van der Waals surface area (Å²) in [7, 11) is 0. The second kappa shape index (κ2) is 9.25. The average molecular weight is 456 g/mol. The Balaban J connectivity index is 1.28. The number of likely N-dealkylation sites (tertiary alicyclic amines) is 1. The van der Waals surface area contributed by atoms with Crippen LogP contribution in [0, 0.1) is 5.82 Å². The van der Waals surface area contributed by atoms with Crippen LogP contribution in [0.25, 0.3) is 22.0 Å². The third-order valence-electron chi connectivity index (χ3n) is 5.75. The van der Waals surface area contributed by atoms with Crippen LogP contribution in [0.3, 0.4) is 0 Å². The summed E-state index contributed by atoms with van der Waals surface area (Å²) in [5.74, 6) is -0.245. The van der Waals surface area contributed by atoms with Crippen molar-refractivity contribution in [2.45, 2.75) is 51.7 Å². The molecule has 0 saturated carbocycles. The zero-order valence-corrected chi connectivity index (χ0v) is 19.2. The molecule has 1 aliphatic rings. The van der Waals surface area contributed by atoms with Crippen molar-refractivity contribution < 1.29 is 18.7 Å². The maximum Gasteiger partial charge on any atom is 0.407 e. The molecule has 1 aromatic carbocycles. The first-order chi connectivity index (χ1) is 15.7. The number of carbonyl (C=O) groups is 2. The van der Waals surface area contributed by atoms with Gasteiger partial charge < -0.3 is 19.9 Å². The molecule has 176 valence electrons. The Morgan fingerprint density at radius 1 is 1.27 bits per heavy atom. The Bertz CT molecular complexity index is 1140. The summed E-state index contributed by atoms with van der Waals surface area (Å²) in [6.07, 6.45) is 7.07. The van der Waals surface area contributed by atoms with E-state index in [-0.39, 0.29) is 30.7 Å². The van der Waals surface area contributed by atoms with E-state index in [1.54, 1.807) is 26.8 Å². The lowest BCUT2D eigenvalue weighted by Gasteiger charge is -2.32. The van der Waals surface area contributed by atoms with E-state index in [9.17, 15) is 14.0 Å². The zero-order valence-electron chi connectivity index (χ0n) is 19.2. The predicted molar refractivity (Wildman–Crippen MR) is 123 cm³/mol. The maximum absolute atomic E-state index is 13.5. The molecular weight excluding hydrogens is 425 g/mol. The highest BCUT2D eigenvalue weighted by molar-refractivity contribution is 5.95. The minimum Gasteiger partial charge on any atom is -0.444 e. The maximum atomic E-state index is 13.5. The van der Waals surface area contributed by atoms with Crippen molar-refractivity contribution in [3.8, 4) is 11.1 Å². The molecule has 0 bridgehead atoms. The molecule has 3 aromatic rings. The first-order valence-corrected chi connectivity index (χ1v) is 11.3. The molecule has 1 fully saturated rings. The SMILES string of the molecule is CC(C)(C)OC(=O)NCCC(=O)N1CCC(n2cc(-c3c[nH]c4cc(F)ccc34)cn2)CC1. The summed E-state index contributed by atoms with van der Waals surface area (Å²) in [5.41, 5.74) is 2.15. The predicted octanol–water partition coefficient (Wildman–Crippen LogP) is 4.25. The summed E-state index contributed by atoms with van der Waals surface area (Å²) >= 11 is 0. The molecule has 9 heteroatoms. The minimum absolute atomic E-state index is 0.0247. The topological polar surface area (TPSA) is 92.2 Å². The third kappa shape index (κ3) is 5.53. The summed E-state index contributed by atoms with van der Waals surface area (Å²) in [5, 5.41) is 8.14. The van der Waals surface area contributed by atoms with E-state index in [4.69, 9.17) is 4.74 Å². The van der Waals surface area contributed by atoms with Gasteiger partial charge in [0.25, 0.3) is 0 Å². The van der Waals surface area contributed by atoms with E-state index in [2.05, 4.69) is 15.4 Å². The summed E-state index contributed by atoms with van der Waals surface area (Å²) < 4.78 is 20.6. The minimum atomic E-state index is -0.561. The lowest BCUT2D eigenvalue weighted by atomic mass is 10.0. The smallest absolute Gasteiger partial charge is 0.407 e. The Labute approximate surface area is 192 Å². The number of nitrogens with zero attached hydrogens (tertiary/aromatic N) is 3. The van der Waals surface area contributed by atoms with Gasteiger partial charge in [0.05, 0.1) is 12.2 Å². The van der Waals surface area contributed by atoms with E-state index < -0.39 is 11.7 Å². The number of piperidine rings is 1. The molecule has 0 atom stereocenters. The van der Waals surface area contributed by atoms with E-state index in [1.165, 1.54) is 12.1 Å². The fraction of sp³-hybridized carbons (Fsp3) is 0.458. The van der Waals surface area contributed by atoms with Crippen molar-refractivity contribution in [1.82, 2.24) is 25.0 Å². The monoisotopic (exact) mass is 455 g/mol. The van der Waals surface area contributed by atoms with Crippen LogP contribution in [-0.4, -0.2) is 56.9 Å². The van der Waals surface area contributed by atoms with E-state index >= 15 is 0 Å². The van der Waals surface area contributed by atoms with Crippen molar-refractivity contribution in [2.75, 3.05) is 19.6 Å². The number of H-pyrrole nitrogens is 1. The second-order valence-electron chi connectivity index (χ2n) is 9.39. The molecular formula is C24H30FN5O3. The third-order valence-corrected chi connectivity index (χ3v) is 5.75. The Hall–Kier alpha value is -3.36. The number of nitrogens with one attached hydrogen (secondary N) is 2. The van der Waals surface area contributed by atoms with Gasteiger partial charge in [-0.05, 0) is 51.8 Å². The molecule has 0 radical (unpaired) electrons. The molecule has 0 unspecified atom stereocenters. The molecule has 2 amide bonds. The Morgan fingerprint density at radius 3 is 2.76 bits per heavy atom. The fourth-order valence-corrected chi connectivity index (χ4v) is 4.14. The molecule has 2 aromatic heterocycles. The van der Waals surface area contributed by atoms with Crippen LogP contribution in [0.5, 0.6) is 0 Å². The molecule has 8 nitrogen and oxygen atoms in total. The second-order valence-corrected chi connectivity index (χ2v) is 9.39. The molecule has 0 spiro atoms. The molecule has 3 heterocycles. The van der Waals surface area contributed by atoms with Crippen molar-refractivity contribution in [3.05, 3.63) is 42.6 Å². The quantitative estimate of drug-likeness (QED) is 0.602. The van der Waals surface area contributed by atoms with Crippen LogP contribution < -0.4 is 5.32 Å². The van der Waals surface area contributed by atoms with Crippen LogP contribution in [0.4, 0.5) is 9.18 Å². The fourth-order valence-electron chi connectivity index (χ4n) is 4.14. The van der Waals surface area contributed by atoms with Gasteiger partial charge in [-0.15, -0.1) is 0 Å². The van der Waals surface area contributed by atoms with Gasteiger partial charge >= 0.3 is 6.09 Å². The normalized spacial score (nSPS) is 15.1. The lowest BCUT2D eigenvalue weighted by molar-refractivity contribution is -0.132. The molecule has 4 rings (SSSR count). The van der Waals surface area contributed by atoms with Gasteiger partial charge in [0.15, 0.2) is 0 Å². The van der Waals surface area contributed by atoms with Gasteiger partial charge in [0.2, 0.25) is 5.91 Å². The zero-order chi connectivity index (χ0) is 23.6. The number of rotatable bonds is 5. The number of ether oxygens (including phenoxy) is 1. The number of fused-ring (bicyclic) bond motifs is 1. The Morgan fingerprint density at radius 2 is 2.03 bits per heavy atom. The van der Waals surface area contributed by atoms with Crippen molar-refractivity contribution in [2.24, 2.45) is 0 Å². The van der Waals surface area contributed by atoms with Crippen LogP contribution in [-0.2, 0) is 9.53 Å². The van der Waals surface area contributed by atoms with E-state index in [0.29, 0.717) is 13.1 Å². The largest absolute Gasteiger partial charge is 0.444 e. The van der Waals surface area contributed by atoms with Gasteiger partial charge in [-0.25, -0.2) is 9.18 Å². The van der Waals surface area contributed by atoms with Gasteiger partial charge in [0.1, 0.15) is 11.4 Å². The average Bonchev–Trinajstić information content (AvgIpc) is 3.39. The number of benzene rings is 1. The molecule has 1 saturated heterocycles. The summed E-state index contributed by atoms with van der Waals surface area (Å²) in [6.45, 7) is 6.95. The number of halogens is 1. The standard InChI is InChI=1S/C24H30FN5O3/c1-24(2,3)33-23(32)26-9-6-22(31)29-10-7-18(8-11-29)30-15-16(13-28-30)20-14-27-21-12-17(25)4-5-19(20)21/h4-5,12-15,18,27H,6-11H2,1-3H3,(H,26,32). The number of alkyl carbamates (subject to hydrolysis) is 1. The Kier molecular flexibility index (Phi) is 6.40. The van der Waals surface area contributed by atoms with Gasteiger partial charge in [-0.2, -0.15) is 5.10 Å². The number of carbonyl (C=O) groups excluding carboxylic acids is 2. The molecule has 1 aliphatic heterocycles. The van der Waals surface area contributed by atoms with E-state index in [1.807, 2.05) is 28.2 Å². The van der Waals surface area contributed by atoms with Gasteiger partial charge in [-0.1, -0.05) is 0 Å². The van der Waals surface area contributed by atoms with Crippen LogP contribution in [0.2, 0.25) is 0 Å². The highest BCUT2D eigenvalue weighted by atomic mass is 19.1. The highest BCUT2D eigenvalue weighted by Crippen LogP contribution is 2.30. The first kappa shape index (κ1) is 22.8. The number of amides is 2. The number of aromatic nitrogens is 3. The van der Waals surface area contributed by atoms with Crippen molar-refractivity contribution >= 4 is 22.9 Å². The summed E-state index contributed by atoms with van der Waals surface area (Å²) in [6, 6.07) is 4.93. The number of hydrogen-bond donors (Lipinski definition) is 2. The highest BCUT2D eigenvalue weighted by Gasteiger charge is 2.25. The van der Waals surface area contributed by atoms with E-state index in [0.717, 1.165) is 34.9 Å². The summed E-state index contributed by atoms with van der Waals surface area (Å²) in [4.78, 5) is 29.2. The number of hydrogen-bond acceptors (Lipinski definition) is 4. The van der Waals surface area contributed by atoms with Crippen LogP contribution in [0.15, 0.2) is 36.8 Å². The lowest BCUT2D eigenvalue weighted by Crippen LogP contribution is -2.41. The van der Waals surface area contributed by atoms with Crippen molar-refractivity contribution in [1.29, 1.82) is 0 Å². The van der Waals surface area contributed by atoms with Gasteiger partial charge in [0, 0.05) is 60.5 Å². The molecule has 2 N–H and O–H groups in total.